The smallest absolute Gasteiger partial charge is 0.0833 e. The molecule has 0 aromatic rings. The van der Waals surface area contributed by atoms with Crippen LogP contribution in [0.25, 0.3) is 0 Å². The second kappa shape index (κ2) is 16.1. The fourth-order valence-electron chi connectivity index (χ4n) is 4.86. The van der Waals surface area contributed by atoms with E-state index in [0.717, 1.165) is 66.0 Å². The molecule has 1 saturated heterocycles. The van der Waals surface area contributed by atoms with Crippen LogP contribution in [0.4, 0.5) is 0 Å². The van der Waals surface area contributed by atoms with Crippen molar-refractivity contribution >= 4 is 25.2 Å². The fraction of sp³-hybridized carbons (Fsp3) is 0.600. The topological polar surface area (TPSA) is 48.8 Å². The van der Waals surface area contributed by atoms with Gasteiger partial charge < -0.3 is 10.6 Å². The highest BCUT2D eigenvalue weighted by atomic mass is 32.2. The van der Waals surface area contributed by atoms with Gasteiger partial charge in [0.05, 0.1) is 5.70 Å². The van der Waals surface area contributed by atoms with Crippen molar-refractivity contribution in [2.75, 3.05) is 25.4 Å². The van der Waals surface area contributed by atoms with Gasteiger partial charge in [-0.2, -0.15) is 0 Å². The maximum atomic E-state index is 4.40. The number of nitrogens with zero attached hydrogens (tertiary/aromatic N) is 2. The second-order valence-electron chi connectivity index (χ2n) is 10.3. The van der Waals surface area contributed by atoms with Crippen molar-refractivity contribution in [1.29, 1.82) is 0 Å². The minimum Gasteiger partial charge on any atom is -0.317 e. The van der Waals surface area contributed by atoms with Crippen LogP contribution in [-0.2, 0) is 0 Å². The van der Waals surface area contributed by atoms with Gasteiger partial charge in [-0.1, -0.05) is 57.4 Å². The molecule has 0 radical (unpaired) electrons. The van der Waals surface area contributed by atoms with E-state index >= 15 is 0 Å². The molecule has 0 aromatic carbocycles. The highest BCUT2D eigenvalue weighted by Crippen LogP contribution is 2.40. The maximum absolute atomic E-state index is 4.40. The van der Waals surface area contributed by atoms with Crippen molar-refractivity contribution in [3.63, 3.8) is 0 Å². The van der Waals surface area contributed by atoms with Crippen molar-refractivity contribution in [2.45, 2.75) is 84.6 Å². The van der Waals surface area contributed by atoms with Gasteiger partial charge in [0.1, 0.15) is 0 Å². The summed E-state index contributed by atoms with van der Waals surface area (Å²) in [7, 11) is 0. The molecule has 194 valence electrons. The number of hydrogen-bond donors (Lipinski definition) is 2. The summed E-state index contributed by atoms with van der Waals surface area (Å²) in [5.74, 6) is 1.05. The highest BCUT2D eigenvalue weighted by Gasteiger charge is 2.28. The summed E-state index contributed by atoms with van der Waals surface area (Å²) >= 11 is 1.85. The number of thioether (sulfide) groups is 1. The van der Waals surface area contributed by atoms with Crippen molar-refractivity contribution < 1.29 is 0 Å². The van der Waals surface area contributed by atoms with Gasteiger partial charge in [0.15, 0.2) is 0 Å². The third-order valence-corrected chi connectivity index (χ3v) is 8.68. The van der Waals surface area contributed by atoms with E-state index in [9.17, 15) is 0 Å². The second-order valence-corrected chi connectivity index (χ2v) is 11.3. The maximum Gasteiger partial charge on any atom is 0.0833 e. The number of piperidine rings is 1. The Bertz CT molecular complexity index is 819. The van der Waals surface area contributed by atoms with Gasteiger partial charge >= 0.3 is 0 Å². The van der Waals surface area contributed by atoms with Crippen LogP contribution in [0.15, 0.2) is 68.3 Å². The fourth-order valence-corrected chi connectivity index (χ4v) is 6.21. The molecule has 0 amide bonds. The van der Waals surface area contributed by atoms with Gasteiger partial charge in [-0.15, -0.1) is 11.8 Å². The molecule has 1 aliphatic heterocycles. The van der Waals surface area contributed by atoms with Gasteiger partial charge in [-0.3, -0.25) is 9.98 Å². The summed E-state index contributed by atoms with van der Waals surface area (Å²) in [5, 5.41) is 6.94. The van der Waals surface area contributed by atoms with E-state index in [1.165, 1.54) is 50.5 Å². The molecule has 2 N–H and O–H groups in total. The van der Waals surface area contributed by atoms with E-state index < -0.39 is 0 Å². The predicted octanol–water partition coefficient (Wildman–Crippen LogP) is 7.39. The number of allylic oxidation sites excluding steroid dienone is 5. The summed E-state index contributed by atoms with van der Waals surface area (Å²) in [6, 6.07) is 0.851. The minimum atomic E-state index is 0.334. The number of hydrogen-bond acceptors (Lipinski definition) is 5. The first kappa shape index (κ1) is 29.5. The summed E-state index contributed by atoms with van der Waals surface area (Å²) in [4.78, 5) is 9.33. The van der Waals surface area contributed by atoms with Crippen LogP contribution in [-0.4, -0.2) is 44.9 Å². The molecule has 3 aliphatic rings. The predicted molar refractivity (Wildman–Crippen MR) is 159 cm³/mol. The monoisotopic (exact) mass is 496 g/mol. The van der Waals surface area contributed by atoms with E-state index in [0.29, 0.717) is 5.41 Å². The Labute approximate surface area is 219 Å². The molecule has 3 rings (SSSR count). The van der Waals surface area contributed by atoms with Gasteiger partial charge in [-0.05, 0) is 101 Å². The van der Waals surface area contributed by atoms with Crippen LogP contribution >= 0.6 is 11.8 Å². The minimum absolute atomic E-state index is 0.334. The molecule has 2 fully saturated rings. The van der Waals surface area contributed by atoms with Crippen molar-refractivity contribution in [3.05, 3.63) is 58.3 Å². The SMILES string of the molecule is C=N/C=C\C(=C)/C(SCC1(C)CCNCC1)=C(/N=C)C1=CCCC(C)=C1.CCNC1CCCCC1. The lowest BCUT2D eigenvalue weighted by Gasteiger charge is -2.34. The van der Waals surface area contributed by atoms with Crippen LogP contribution in [0.1, 0.15) is 78.6 Å². The largest absolute Gasteiger partial charge is 0.317 e. The Morgan fingerprint density at radius 1 is 1.23 bits per heavy atom. The molecule has 0 unspecified atom stereocenters. The van der Waals surface area contributed by atoms with Gasteiger partial charge in [0.2, 0.25) is 0 Å². The van der Waals surface area contributed by atoms with Crippen molar-refractivity contribution in [2.24, 2.45) is 15.4 Å². The van der Waals surface area contributed by atoms with Crippen LogP contribution in [0, 0.1) is 5.41 Å². The van der Waals surface area contributed by atoms with Crippen LogP contribution < -0.4 is 10.6 Å². The average Bonchev–Trinajstić information content (AvgIpc) is 2.87. The Morgan fingerprint density at radius 2 is 1.94 bits per heavy atom. The third-order valence-electron chi connectivity index (χ3n) is 7.10. The number of nitrogens with one attached hydrogen (secondary N) is 2. The zero-order valence-corrected chi connectivity index (χ0v) is 23.3. The van der Waals surface area contributed by atoms with Crippen LogP contribution in [0.5, 0.6) is 0 Å². The first-order chi connectivity index (χ1) is 16.9. The highest BCUT2D eigenvalue weighted by molar-refractivity contribution is 8.03. The van der Waals surface area contributed by atoms with Gasteiger partial charge in [0.25, 0.3) is 0 Å². The lowest BCUT2D eigenvalue weighted by molar-refractivity contribution is 0.266. The molecule has 0 bridgehead atoms. The lowest BCUT2D eigenvalue weighted by Crippen LogP contribution is -2.36. The van der Waals surface area contributed by atoms with E-state index in [2.05, 4.69) is 73.6 Å². The van der Waals surface area contributed by atoms with Crippen LogP contribution in [0.3, 0.4) is 0 Å². The molecule has 0 spiro atoms. The number of aliphatic imine (C=N–C) groups is 2. The standard InChI is InChI=1S/C22H31N3S.C8H17N/c1-17-7-6-8-19(15-17)20(24-5)21(18(2)9-12-23-4)26-16-22(3)10-13-25-14-11-22;1-2-9-8-6-4-3-5-7-8/h8-9,12,15,25H,2,4-7,10-11,13-14,16H2,1,3H3;8-9H,2-7H2,1H3/b12-9-,21-20-;. The molecular weight excluding hydrogens is 448 g/mol. The number of rotatable bonds is 10. The van der Waals surface area contributed by atoms with E-state index in [1.807, 2.05) is 17.8 Å². The van der Waals surface area contributed by atoms with Crippen LogP contribution in [0.2, 0.25) is 0 Å². The zero-order valence-electron chi connectivity index (χ0n) is 22.5. The van der Waals surface area contributed by atoms with Crippen molar-refractivity contribution in [3.8, 4) is 0 Å². The lowest BCUT2D eigenvalue weighted by atomic mass is 9.83. The molecule has 5 heteroatoms. The first-order valence-electron chi connectivity index (χ1n) is 13.4. The molecule has 0 aromatic heterocycles. The van der Waals surface area contributed by atoms with Gasteiger partial charge in [-0.25, -0.2) is 0 Å². The molecule has 0 atom stereocenters. The summed E-state index contributed by atoms with van der Waals surface area (Å²) in [5.41, 5.74) is 4.72. The molecule has 1 saturated carbocycles. The normalized spacial score (nSPS) is 21.2. The van der Waals surface area contributed by atoms with Gasteiger partial charge in [0, 0.05) is 22.9 Å². The third kappa shape index (κ3) is 10.4. The summed E-state index contributed by atoms with van der Waals surface area (Å²) in [6.45, 7) is 21.7. The molecular formula is C30H48N4S. The Balaban J connectivity index is 0.000000402. The first-order valence-corrected chi connectivity index (χ1v) is 14.4. The Morgan fingerprint density at radius 3 is 2.54 bits per heavy atom. The van der Waals surface area contributed by atoms with E-state index in [1.54, 1.807) is 6.20 Å². The average molecular weight is 497 g/mol. The Kier molecular flexibility index (Phi) is 13.6. The summed E-state index contributed by atoms with van der Waals surface area (Å²) in [6.07, 6.45) is 19.8. The van der Waals surface area contributed by atoms with E-state index in [-0.39, 0.29) is 0 Å². The molecule has 2 aliphatic carbocycles. The molecule has 4 nitrogen and oxygen atoms in total. The molecule has 1 heterocycles. The Hall–Kier alpha value is -1.69. The summed E-state index contributed by atoms with van der Waals surface area (Å²) < 4.78 is 0. The quantitative estimate of drug-likeness (QED) is 0.245. The zero-order chi connectivity index (χ0) is 25.5. The van der Waals surface area contributed by atoms with Crippen molar-refractivity contribution in [1.82, 2.24) is 10.6 Å². The van der Waals surface area contributed by atoms with E-state index in [4.69, 9.17) is 0 Å². The molecule has 35 heavy (non-hydrogen) atoms.